The smallest absolute Gasteiger partial charge is 0.323 e. The van der Waals surface area contributed by atoms with E-state index in [1.165, 1.54) is 6.07 Å². The van der Waals surface area contributed by atoms with Gasteiger partial charge < -0.3 is 4.90 Å². The molecular formula is C17H18ClFN4OS. The number of likely N-dealkylation sites (tertiary alicyclic amines) is 1. The van der Waals surface area contributed by atoms with Crippen molar-refractivity contribution < 1.29 is 9.18 Å². The van der Waals surface area contributed by atoms with Gasteiger partial charge >= 0.3 is 6.03 Å². The Hall–Kier alpha value is -1.99. The van der Waals surface area contributed by atoms with Crippen LogP contribution in [-0.4, -0.2) is 33.4 Å². The average molecular weight is 381 g/mol. The van der Waals surface area contributed by atoms with E-state index in [1.54, 1.807) is 24.0 Å². The number of urea groups is 1. The predicted molar refractivity (Wildman–Crippen MR) is 98.4 cm³/mol. The van der Waals surface area contributed by atoms with Gasteiger partial charge in [0.1, 0.15) is 11.6 Å². The summed E-state index contributed by atoms with van der Waals surface area (Å²) in [6, 6.07) is 4.48. The molecule has 2 aromatic rings. The molecule has 0 aliphatic carbocycles. The van der Waals surface area contributed by atoms with Crippen molar-refractivity contribution in [2.24, 2.45) is 5.92 Å². The van der Waals surface area contributed by atoms with Crippen molar-refractivity contribution >= 4 is 40.4 Å². The Morgan fingerprint density at radius 2 is 2.32 bits per heavy atom. The molecule has 1 unspecified atom stereocenters. The molecule has 0 spiro atoms. The maximum absolute atomic E-state index is 14.0. The summed E-state index contributed by atoms with van der Waals surface area (Å²) in [5, 5.41) is 3.65. The van der Waals surface area contributed by atoms with E-state index >= 15 is 0 Å². The van der Waals surface area contributed by atoms with Crippen LogP contribution in [0.2, 0.25) is 5.02 Å². The number of piperidine rings is 1. The van der Waals surface area contributed by atoms with Crippen LogP contribution in [0, 0.1) is 18.7 Å². The van der Waals surface area contributed by atoms with Gasteiger partial charge in [-0.05, 0) is 31.4 Å². The number of aromatic nitrogens is 2. The summed E-state index contributed by atoms with van der Waals surface area (Å²) in [5.41, 5.74) is 1.64. The molecule has 25 heavy (non-hydrogen) atoms. The molecule has 1 atom stereocenters. The highest BCUT2D eigenvalue weighted by Gasteiger charge is 2.25. The summed E-state index contributed by atoms with van der Waals surface area (Å²) in [4.78, 5) is 18.2. The van der Waals surface area contributed by atoms with Gasteiger partial charge in [0.2, 0.25) is 5.13 Å². The normalized spacial score (nSPS) is 19.3. The molecule has 1 aliphatic heterocycles. The lowest BCUT2D eigenvalue weighted by molar-refractivity contribution is 0.198. The van der Waals surface area contributed by atoms with Gasteiger partial charge in [-0.3, -0.25) is 5.32 Å². The second-order valence-corrected chi connectivity index (χ2v) is 7.25. The molecule has 1 aromatic carbocycles. The first-order chi connectivity index (χ1) is 11.9. The molecule has 0 bridgehead atoms. The predicted octanol–water partition coefficient (Wildman–Crippen LogP) is 4.60. The third kappa shape index (κ3) is 4.35. The van der Waals surface area contributed by atoms with Crippen LogP contribution in [0.15, 0.2) is 23.8 Å². The highest BCUT2D eigenvalue weighted by molar-refractivity contribution is 7.09. The number of aryl methyl sites for hydroxylation is 1. The van der Waals surface area contributed by atoms with Crippen molar-refractivity contribution in [1.29, 1.82) is 0 Å². The molecule has 2 heterocycles. The quantitative estimate of drug-likeness (QED) is 0.828. The summed E-state index contributed by atoms with van der Waals surface area (Å²) in [5.74, 6) is 0.451. The van der Waals surface area contributed by atoms with Crippen LogP contribution in [0.5, 0.6) is 0 Å². The number of hydrogen-bond donors (Lipinski definition) is 1. The SMILES string of the molecule is Cc1nsc(NC(=O)N2CC/C(=C/c3ccc(Cl)cc3F)C(C)C2)n1. The van der Waals surface area contributed by atoms with Crippen molar-refractivity contribution in [3.8, 4) is 0 Å². The Balaban J connectivity index is 1.65. The number of amides is 2. The summed E-state index contributed by atoms with van der Waals surface area (Å²) in [6.07, 6.45) is 2.56. The third-order valence-electron chi connectivity index (χ3n) is 4.13. The van der Waals surface area contributed by atoms with Gasteiger partial charge in [0, 0.05) is 35.2 Å². The summed E-state index contributed by atoms with van der Waals surface area (Å²) in [7, 11) is 0. The van der Waals surface area contributed by atoms with E-state index < -0.39 is 0 Å². The second kappa shape index (κ2) is 7.49. The number of carbonyl (C=O) groups is 1. The first-order valence-electron chi connectivity index (χ1n) is 7.94. The first-order valence-corrected chi connectivity index (χ1v) is 9.09. The average Bonchev–Trinajstić information content (AvgIpc) is 2.96. The Bertz CT molecular complexity index is 823. The number of carbonyl (C=O) groups excluding carboxylic acids is 1. The Morgan fingerprint density at radius 1 is 1.52 bits per heavy atom. The minimum atomic E-state index is -0.334. The molecule has 0 radical (unpaired) electrons. The molecule has 1 aliphatic rings. The van der Waals surface area contributed by atoms with Crippen LogP contribution < -0.4 is 5.32 Å². The number of nitrogens with one attached hydrogen (secondary N) is 1. The van der Waals surface area contributed by atoms with Crippen molar-refractivity contribution in [3.63, 3.8) is 0 Å². The molecular weight excluding hydrogens is 363 g/mol. The van der Waals surface area contributed by atoms with Gasteiger partial charge in [0.15, 0.2) is 0 Å². The molecule has 132 valence electrons. The second-order valence-electron chi connectivity index (χ2n) is 6.06. The van der Waals surface area contributed by atoms with Crippen LogP contribution in [0.4, 0.5) is 14.3 Å². The number of halogens is 2. The monoisotopic (exact) mass is 380 g/mol. The number of benzene rings is 1. The summed E-state index contributed by atoms with van der Waals surface area (Å²) >= 11 is 6.95. The number of anilines is 1. The van der Waals surface area contributed by atoms with E-state index in [0.29, 0.717) is 41.1 Å². The topological polar surface area (TPSA) is 58.1 Å². The minimum absolute atomic E-state index is 0.144. The lowest BCUT2D eigenvalue weighted by atomic mass is 9.91. The molecule has 1 fully saturated rings. The fourth-order valence-corrected chi connectivity index (χ4v) is 3.51. The molecule has 1 saturated heterocycles. The van der Waals surface area contributed by atoms with E-state index in [4.69, 9.17) is 11.6 Å². The zero-order valence-corrected chi connectivity index (χ0v) is 15.5. The number of hydrogen-bond acceptors (Lipinski definition) is 4. The van der Waals surface area contributed by atoms with Gasteiger partial charge in [-0.2, -0.15) is 4.37 Å². The van der Waals surface area contributed by atoms with E-state index in [1.807, 2.05) is 13.0 Å². The third-order valence-corrected chi connectivity index (χ3v) is 5.09. The Kier molecular flexibility index (Phi) is 5.34. The van der Waals surface area contributed by atoms with Crippen LogP contribution in [0.25, 0.3) is 6.08 Å². The van der Waals surface area contributed by atoms with E-state index in [2.05, 4.69) is 14.7 Å². The van der Waals surface area contributed by atoms with Crippen molar-refractivity contribution in [1.82, 2.24) is 14.3 Å². The standard InChI is InChI=1S/C17H18ClFN4OS/c1-10-9-23(17(24)21-16-20-11(2)22-25-16)6-5-12(10)7-13-3-4-14(18)8-15(13)19/h3-4,7-8,10H,5-6,9H2,1-2H3,(H,20,21,22,24)/b12-7-. The molecule has 2 amide bonds. The zero-order valence-electron chi connectivity index (χ0n) is 13.9. The maximum atomic E-state index is 14.0. The largest absolute Gasteiger partial charge is 0.324 e. The lowest BCUT2D eigenvalue weighted by Crippen LogP contribution is -2.42. The highest BCUT2D eigenvalue weighted by Crippen LogP contribution is 2.27. The maximum Gasteiger partial charge on any atom is 0.323 e. The number of nitrogens with zero attached hydrogens (tertiary/aromatic N) is 3. The van der Waals surface area contributed by atoms with Crippen LogP contribution in [-0.2, 0) is 0 Å². The fraction of sp³-hybridized carbons (Fsp3) is 0.353. The Labute approximate surface area is 154 Å². The molecule has 1 N–H and O–H groups in total. The zero-order chi connectivity index (χ0) is 18.0. The van der Waals surface area contributed by atoms with Crippen molar-refractivity contribution in [2.45, 2.75) is 20.3 Å². The lowest BCUT2D eigenvalue weighted by Gasteiger charge is -2.33. The van der Waals surface area contributed by atoms with E-state index in [9.17, 15) is 9.18 Å². The van der Waals surface area contributed by atoms with Gasteiger partial charge in [0.25, 0.3) is 0 Å². The summed E-state index contributed by atoms with van der Waals surface area (Å²) < 4.78 is 18.0. The van der Waals surface area contributed by atoms with Gasteiger partial charge in [0.05, 0.1) is 0 Å². The van der Waals surface area contributed by atoms with Gasteiger partial charge in [-0.25, -0.2) is 14.2 Å². The highest BCUT2D eigenvalue weighted by atomic mass is 35.5. The van der Waals surface area contributed by atoms with Crippen molar-refractivity contribution in [2.75, 3.05) is 18.4 Å². The number of rotatable bonds is 2. The first kappa shape index (κ1) is 17.8. The Morgan fingerprint density at radius 3 is 2.96 bits per heavy atom. The summed E-state index contributed by atoms with van der Waals surface area (Å²) in [6.45, 7) is 4.97. The van der Waals surface area contributed by atoms with Crippen LogP contribution >= 0.6 is 23.1 Å². The van der Waals surface area contributed by atoms with Crippen LogP contribution in [0.3, 0.4) is 0 Å². The molecule has 5 nitrogen and oxygen atoms in total. The van der Waals surface area contributed by atoms with Crippen molar-refractivity contribution in [3.05, 3.63) is 46.0 Å². The fourth-order valence-electron chi connectivity index (χ4n) is 2.79. The van der Waals surface area contributed by atoms with Crippen LogP contribution in [0.1, 0.15) is 24.7 Å². The van der Waals surface area contributed by atoms with Gasteiger partial charge in [-0.15, -0.1) is 0 Å². The molecule has 8 heteroatoms. The van der Waals surface area contributed by atoms with E-state index in [0.717, 1.165) is 17.1 Å². The molecule has 1 aromatic heterocycles. The van der Waals surface area contributed by atoms with Gasteiger partial charge in [-0.1, -0.05) is 36.2 Å². The molecule has 3 rings (SSSR count). The minimum Gasteiger partial charge on any atom is -0.324 e. The van der Waals surface area contributed by atoms with E-state index in [-0.39, 0.29) is 17.8 Å². The molecule has 0 saturated carbocycles.